The standard InChI is InChI=1S/C25H31N5O2/c1-19(2)25(31)32-16-8-6-5-7-15-30-24-17-22(10-9-20(24)18-26-30)28-27-21-11-13-23(14-12-21)29(3)4/h9-14,17-18H,1,5-8,15-16H2,2-4H3. The Morgan fingerprint density at radius 3 is 2.44 bits per heavy atom. The quantitative estimate of drug-likeness (QED) is 0.156. The van der Waals surface area contributed by atoms with Gasteiger partial charge in [-0.25, -0.2) is 4.79 Å². The molecule has 0 spiro atoms. The van der Waals surface area contributed by atoms with Gasteiger partial charge in [-0.1, -0.05) is 13.0 Å². The van der Waals surface area contributed by atoms with Gasteiger partial charge in [-0.15, -0.1) is 0 Å². The number of unbranched alkanes of at least 4 members (excludes halogenated alkanes) is 3. The van der Waals surface area contributed by atoms with Crippen LogP contribution in [-0.2, 0) is 16.1 Å². The van der Waals surface area contributed by atoms with Gasteiger partial charge in [0.25, 0.3) is 0 Å². The minimum atomic E-state index is -0.313. The molecule has 0 amide bonds. The molecular weight excluding hydrogens is 402 g/mol. The SMILES string of the molecule is C=C(C)C(=O)OCCCCCCn1ncc2ccc(N=Nc3ccc(N(C)C)cc3)cc21. The summed E-state index contributed by atoms with van der Waals surface area (Å²) in [5.74, 6) is -0.313. The van der Waals surface area contributed by atoms with Gasteiger partial charge < -0.3 is 9.64 Å². The van der Waals surface area contributed by atoms with E-state index in [1.54, 1.807) is 6.92 Å². The van der Waals surface area contributed by atoms with E-state index in [0.29, 0.717) is 12.2 Å². The molecule has 0 bridgehead atoms. The number of fused-ring (bicyclic) bond motifs is 1. The zero-order valence-corrected chi connectivity index (χ0v) is 19.1. The molecule has 3 rings (SSSR count). The van der Waals surface area contributed by atoms with E-state index in [1.165, 1.54) is 0 Å². The lowest BCUT2D eigenvalue weighted by Crippen LogP contribution is -2.07. The zero-order chi connectivity index (χ0) is 22.9. The number of benzene rings is 2. The second kappa shape index (κ2) is 11.2. The van der Waals surface area contributed by atoms with Crippen molar-refractivity contribution < 1.29 is 9.53 Å². The predicted molar refractivity (Wildman–Crippen MR) is 129 cm³/mol. The average Bonchev–Trinajstić information content (AvgIpc) is 3.19. The number of carbonyl (C=O) groups is 1. The number of aromatic nitrogens is 2. The van der Waals surface area contributed by atoms with E-state index >= 15 is 0 Å². The molecule has 0 unspecified atom stereocenters. The molecule has 32 heavy (non-hydrogen) atoms. The van der Waals surface area contributed by atoms with E-state index in [4.69, 9.17) is 4.74 Å². The normalized spacial score (nSPS) is 11.2. The largest absolute Gasteiger partial charge is 0.462 e. The van der Waals surface area contributed by atoms with Gasteiger partial charge in [0, 0.05) is 37.3 Å². The topological polar surface area (TPSA) is 72.1 Å². The van der Waals surface area contributed by atoms with Crippen molar-refractivity contribution in [3.05, 3.63) is 60.8 Å². The van der Waals surface area contributed by atoms with E-state index < -0.39 is 0 Å². The lowest BCUT2D eigenvalue weighted by Gasteiger charge is -2.11. The van der Waals surface area contributed by atoms with Gasteiger partial charge in [0.1, 0.15) is 0 Å². The second-order valence-electron chi connectivity index (χ2n) is 8.05. The van der Waals surface area contributed by atoms with E-state index in [-0.39, 0.29) is 5.97 Å². The van der Waals surface area contributed by atoms with Crippen molar-refractivity contribution in [3.63, 3.8) is 0 Å². The molecule has 0 saturated heterocycles. The summed E-state index contributed by atoms with van der Waals surface area (Å²) in [7, 11) is 4.02. The molecule has 0 atom stereocenters. The highest BCUT2D eigenvalue weighted by molar-refractivity contribution is 5.86. The van der Waals surface area contributed by atoms with Gasteiger partial charge in [0.05, 0.1) is 29.7 Å². The number of azo groups is 1. The van der Waals surface area contributed by atoms with Crippen LogP contribution in [-0.4, -0.2) is 36.5 Å². The molecule has 0 aliphatic rings. The van der Waals surface area contributed by atoms with Crippen molar-refractivity contribution in [1.29, 1.82) is 0 Å². The monoisotopic (exact) mass is 433 g/mol. The van der Waals surface area contributed by atoms with Crippen LogP contribution in [0.2, 0.25) is 0 Å². The molecule has 0 aliphatic carbocycles. The highest BCUT2D eigenvalue weighted by Crippen LogP contribution is 2.25. The van der Waals surface area contributed by atoms with Crippen molar-refractivity contribution in [2.24, 2.45) is 10.2 Å². The Balaban J connectivity index is 1.51. The lowest BCUT2D eigenvalue weighted by atomic mass is 10.2. The summed E-state index contributed by atoms with van der Waals surface area (Å²) < 4.78 is 7.14. The van der Waals surface area contributed by atoms with Gasteiger partial charge in [0.2, 0.25) is 0 Å². The number of aryl methyl sites for hydroxylation is 1. The van der Waals surface area contributed by atoms with Gasteiger partial charge >= 0.3 is 5.97 Å². The Bertz CT molecular complexity index is 1080. The summed E-state index contributed by atoms with van der Waals surface area (Å²) in [6, 6.07) is 14.0. The summed E-state index contributed by atoms with van der Waals surface area (Å²) in [4.78, 5) is 13.4. The number of rotatable bonds is 11. The molecule has 1 aromatic heterocycles. The van der Waals surface area contributed by atoms with E-state index in [9.17, 15) is 4.79 Å². The summed E-state index contributed by atoms with van der Waals surface area (Å²) in [5, 5.41) is 14.4. The number of hydrogen-bond donors (Lipinski definition) is 0. The number of anilines is 1. The second-order valence-corrected chi connectivity index (χ2v) is 8.05. The van der Waals surface area contributed by atoms with Crippen molar-refractivity contribution in [1.82, 2.24) is 9.78 Å². The molecule has 0 radical (unpaired) electrons. The molecular formula is C25H31N5O2. The minimum Gasteiger partial charge on any atom is -0.462 e. The first-order valence-corrected chi connectivity index (χ1v) is 10.9. The first-order valence-electron chi connectivity index (χ1n) is 10.9. The van der Waals surface area contributed by atoms with Crippen LogP contribution in [0.3, 0.4) is 0 Å². The molecule has 0 fully saturated rings. The Kier molecular flexibility index (Phi) is 8.14. The van der Waals surface area contributed by atoms with Gasteiger partial charge in [0.15, 0.2) is 0 Å². The lowest BCUT2D eigenvalue weighted by molar-refractivity contribution is -0.139. The number of nitrogens with zero attached hydrogens (tertiary/aromatic N) is 5. The molecule has 3 aromatic rings. The van der Waals surface area contributed by atoms with Crippen molar-refractivity contribution in [3.8, 4) is 0 Å². The van der Waals surface area contributed by atoms with Crippen LogP contribution in [0.15, 0.2) is 71.0 Å². The Hall–Kier alpha value is -3.48. The van der Waals surface area contributed by atoms with Crippen LogP contribution < -0.4 is 4.90 Å². The fraction of sp³-hybridized carbons (Fsp3) is 0.360. The number of carbonyl (C=O) groups excluding carboxylic acids is 1. The summed E-state index contributed by atoms with van der Waals surface area (Å²) >= 11 is 0. The predicted octanol–water partition coefficient (Wildman–Crippen LogP) is 6.20. The van der Waals surface area contributed by atoms with Crippen LogP contribution in [0.1, 0.15) is 32.6 Å². The smallest absolute Gasteiger partial charge is 0.333 e. The highest BCUT2D eigenvalue weighted by atomic mass is 16.5. The molecule has 2 aromatic carbocycles. The maximum absolute atomic E-state index is 11.4. The van der Waals surface area contributed by atoms with Gasteiger partial charge in [-0.05, 0) is 68.7 Å². The number of esters is 1. The van der Waals surface area contributed by atoms with Crippen molar-refractivity contribution >= 4 is 33.9 Å². The van der Waals surface area contributed by atoms with Crippen LogP contribution in [0.25, 0.3) is 10.9 Å². The third-order valence-electron chi connectivity index (χ3n) is 5.12. The summed E-state index contributed by atoms with van der Waals surface area (Å²) in [6.07, 6.45) is 5.81. The first-order chi connectivity index (χ1) is 15.4. The van der Waals surface area contributed by atoms with Crippen LogP contribution >= 0.6 is 0 Å². The third-order valence-corrected chi connectivity index (χ3v) is 5.12. The Labute approximate surface area is 189 Å². The maximum atomic E-state index is 11.4. The van der Waals surface area contributed by atoms with Crippen LogP contribution in [0.5, 0.6) is 0 Å². The highest BCUT2D eigenvalue weighted by Gasteiger charge is 2.05. The van der Waals surface area contributed by atoms with Gasteiger partial charge in [-0.2, -0.15) is 15.3 Å². The third kappa shape index (κ3) is 6.51. The van der Waals surface area contributed by atoms with Gasteiger partial charge in [-0.3, -0.25) is 4.68 Å². The Morgan fingerprint density at radius 1 is 1.03 bits per heavy atom. The minimum absolute atomic E-state index is 0.313. The van der Waals surface area contributed by atoms with E-state index in [1.807, 2.05) is 67.4 Å². The molecule has 1 heterocycles. The number of ether oxygens (including phenoxy) is 1. The molecule has 168 valence electrons. The zero-order valence-electron chi connectivity index (χ0n) is 19.1. The van der Waals surface area contributed by atoms with E-state index in [2.05, 4.69) is 26.8 Å². The summed E-state index contributed by atoms with van der Waals surface area (Å²) in [6.45, 7) is 6.52. The van der Waals surface area contributed by atoms with Crippen molar-refractivity contribution in [2.45, 2.75) is 39.2 Å². The maximum Gasteiger partial charge on any atom is 0.333 e. The fourth-order valence-electron chi connectivity index (χ4n) is 3.24. The van der Waals surface area contributed by atoms with Crippen LogP contribution in [0.4, 0.5) is 17.1 Å². The molecule has 0 saturated carbocycles. The summed E-state index contributed by atoms with van der Waals surface area (Å²) in [5.41, 5.74) is 4.24. The van der Waals surface area contributed by atoms with Crippen LogP contribution in [0, 0.1) is 0 Å². The fourth-order valence-corrected chi connectivity index (χ4v) is 3.24. The van der Waals surface area contributed by atoms with E-state index in [0.717, 1.165) is 60.2 Å². The Morgan fingerprint density at radius 2 is 1.72 bits per heavy atom. The molecule has 7 heteroatoms. The number of hydrogen-bond acceptors (Lipinski definition) is 6. The molecule has 0 N–H and O–H groups in total. The molecule has 7 nitrogen and oxygen atoms in total. The first kappa shape index (κ1) is 23.2. The average molecular weight is 434 g/mol. The van der Waals surface area contributed by atoms with Crippen molar-refractivity contribution in [2.75, 3.05) is 25.6 Å². The molecule has 0 aliphatic heterocycles.